The van der Waals surface area contributed by atoms with Crippen LogP contribution in [0.25, 0.3) is 0 Å². The topological polar surface area (TPSA) is 109 Å². The SMILES string of the molecule is CC(CC(=O)O)CC(=O)NC(C)C(N)=O. The van der Waals surface area contributed by atoms with Crippen LogP contribution in [0.15, 0.2) is 0 Å². The summed E-state index contributed by atoms with van der Waals surface area (Å²) in [6.45, 7) is 3.13. The standard InChI is InChI=1S/C9H16N2O4/c1-5(4-8(13)14)3-7(12)11-6(2)9(10)15/h5-6H,3-4H2,1-2H3,(H2,10,15)(H,11,12)(H,13,14). The van der Waals surface area contributed by atoms with Gasteiger partial charge in [0.05, 0.1) is 0 Å². The summed E-state index contributed by atoms with van der Waals surface area (Å²) < 4.78 is 0. The largest absolute Gasteiger partial charge is 0.481 e. The number of carbonyl (C=O) groups is 3. The van der Waals surface area contributed by atoms with Crippen molar-refractivity contribution in [2.45, 2.75) is 32.7 Å². The Morgan fingerprint density at radius 3 is 2.20 bits per heavy atom. The quantitative estimate of drug-likeness (QED) is 0.554. The summed E-state index contributed by atoms with van der Waals surface area (Å²) in [5.41, 5.74) is 4.95. The average Bonchev–Trinajstić information content (AvgIpc) is 2.00. The molecule has 0 saturated carbocycles. The summed E-state index contributed by atoms with van der Waals surface area (Å²) in [5.74, 6) is -2.19. The highest BCUT2D eigenvalue weighted by Crippen LogP contribution is 2.06. The number of primary amides is 1. The summed E-state index contributed by atoms with van der Waals surface area (Å²) >= 11 is 0. The van der Waals surface area contributed by atoms with E-state index in [9.17, 15) is 14.4 Å². The van der Waals surface area contributed by atoms with Crippen molar-refractivity contribution in [3.05, 3.63) is 0 Å². The van der Waals surface area contributed by atoms with Crippen molar-refractivity contribution >= 4 is 17.8 Å². The van der Waals surface area contributed by atoms with Gasteiger partial charge in [-0.2, -0.15) is 0 Å². The molecule has 2 amide bonds. The highest BCUT2D eigenvalue weighted by molar-refractivity contribution is 5.86. The number of nitrogens with one attached hydrogen (secondary N) is 1. The van der Waals surface area contributed by atoms with Crippen LogP contribution in [0.3, 0.4) is 0 Å². The molecule has 0 heterocycles. The van der Waals surface area contributed by atoms with Gasteiger partial charge in [0.15, 0.2) is 0 Å². The molecule has 0 aromatic rings. The third-order valence-electron chi connectivity index (χ3n) is 1.86. The Bertz CT molecular complexity index is 265. The van der Waals surface area contributed by atoms with Gasteiger partial charge in [-0.05, 0) is 12.8 Å². The lowest BCUT2D eigenvalue weighted by molar-refractivity contribution is -0.138. The molecule has 0 saturated heterocycles. The second-order valence-corrected chi connectivity index (χ2v) is 3.60. The van der Waals surface area contributed by atoms with Crippen LogP contribution in [-0.4, -0.2) is 28.9 Å². The maximum absolute atomic E-state index is 11.2. The highest BCUT2D eigenvalue weighted by Gasteiger charge is 2.16. The van der Waals surface area contributed by atoms with E-state index in [1.54, 1.807) is 6.92 Å². The maximum Gasteiger partial charge on any atom is 0.303 e. The minimum atomic E-state index is -0.946. The first-order valence-corrected chi connectivity index (χ1v) is 4.63. The fourth-order valence-electron chi connectivity index (χ4n) is 1.06. The second-order valence-electron chi connectivity index (χ2n) is 3.60. The van der Waals surface area contributed by atoms with Gasteiger partial charge < -0.3 is 16.2 Å². The Balaban J connectivity index is 3.93. The van der Waals surface area contributed by atoms with Crippen LogP contribution in [0, 0.1) is 5.92 Å². The molecule has 0 rings (SSSR count). The van der Waals surface area contributed by atoms with Crippen LogP contribution in [0.2, 0.25) is 0 Å². The van der Waals surface area contributed by atoms with E-state index in [2.05, 4.69) is 5.32 Å². The number of carboxylic acid groups (broad SMARTS) is 1. The summed E-state index contributed by atoms with van der Waals surface area (Å²) in [6.07, 6.45) is 0.00227. The van der Waals surface area contributed by atoms with Crippen molar-refractivity contribution < 1.29 is 19.5 Å². The first-order valence-electron chi connectivity index (χ1n) is 4.63. The fourth-order valence-corrected chi connectivity index (χ4v) is 1.06. The number of amides is 2. The fraction of sp³-hybridized carbons (Fsp3) is 0.667. The third kappa shape index (κ3) is 6.48. The van der Waals surface area contributed by atoms with Crippen LogP contribution in [-0.2, 0) is 14.4 Å². The number of nitrogens with two attached hydrogens (primary N) is 1. The van der Waals surface area contributed by atoms with E-state index in [1.165, 1.54) is 6.92 Å². The Kier molecular flexibility index (Phi) is 5.36. The second kappa shape index (κ2) is 6.00. The Hall–Kier alpha value is -1.59. The first-order chi connectivity index (χ1) is 6.82. The van der Waals surface area contributed by atoms with Gasteiger partial charge in [0.25, 0.3) is 0 Å². The summed E-state index contributed by atoms with van der Waals surface area (Å²) in [4.78, 5) is 32.2. The molecule has 0 aliphatic rings. The van der Waals surface area contributed by atoms with Gasteiger partial charge in [0.1, 0.15) is 6.04 Å². The smallest absolute Gasteiger partial charge is 0.303 e. The average molecular weight is 216 g/mol. The molecule has 0 radical (unpaired) electrons. The lowest BCUT2D eigenvalue weighted by atomic mass is 10.0. The molecule has 6 nitrogen and oxygen atoms in total. The predicted molar refractivity (Wildman–Crippen MR) is 52.8 cm³/mol. The maximum atomic E-state index is 11.2. The van der Waals surface area contributed by atoms with Gasteiger partial charge in [-0.1, -0.05) is 6.92 Å². The minimum absolute atomic E-state index is 0.0711. The van der Waals surface area contributed by atoms with Crippen molar-refractivity contribution in [3.63, 3.8) is 0 Å². The lowest BCUT2D eigenvalue weighted by Crippen LogP contribution is -2.42. The van der Waals surface area contributed by atoms with Crippen LogP contribution >= 0.6 is 0 Å². The number of carboxylic acids is 1. The molecule has 0 bridgehead atoms. The van der Waals surface area contributed by atoms with Crippen LogP contribution < -0.4 is 11.1 Å². The molecule has 0 aliphatic carbocycles. The van der Waals surface area contributed by atoms with E-state index < -0.39 is 17.9 Å². The summed E-state index contributed by atoms with van der Waals surface area (Å²) in [6, 6.07) is -0.727. The van der Waals surface area contributed by atoms with Gasteiger partial charge in [-0.3, -0.25) is 14.4 Å². The van der Waals surface area contributed by atoms with Crippen molar-refractivity contribution in [2.75, 3.05) is 0 Å². The molecule has 0 spiro atoms. The van der Waals surface area contributed by atoms with Crippen LogP contribution in [0.4, 0.5) is 0 Å². The normalized spacial score (nSPS) is 14.0. The third-order valence-corrected chi connectivity index (χ3v) is 1.86. The van der Waals surface area contributed by atoms with E-state index in [0.717, 1.165) is 0 Å². The monoisotopic (exact) mass is 216 g/mol. The first kappa shape index (κ1) is 13.4. The molecular weight excluding hydrogens is 200 g/mol. The van der Waals surface area contributed by atoms with E-state index in [4.69, 9.17) is 10.8 Å². The van der Waals surface area contributed by atoms with Crippen LogP contribution in [0.1, 0.15) is 26.7 Å². The molecule has 15 heavy (non-hydrogen) atoms. The van der Waals surface area contributed by atoms with Crippen molar-refractivity contribution in [1.29, 1.82) is 0 Å². The number of hydrogen-bond donors (Lipinski definition) is 3. The van der Waals surface area contributed by atoms with Crippen molar-refractivity contribution in [2.24, 2.45) is 11.7 Å². The van der Waals surface area contributed by atoms with Gasteiger partial charge in [0.2, 0.25) is 11.8 Å². The van der Waals surface area contributed by atoms with Gasteiger partial charge in [-0.15, -0.1) is 0 Å². The molecule has 0 aromatic carbocycles. The molecule has 6 heteroatoms. The van der Waals surface area contributed by atoms with E-state index in [-0.39, 0.29) is 24.7 Å². The number of hydrogen-bond acceptors (Lipinski definition) is 3. The van der Waals surface area contributed by atoms with Gasteiger partial charge in [-0.25, -0.2) is 0 Å². The molecule has 4 N–H and O–H groups in total. The summed E-state index contributed by atoms with van der Waals surface area (Å²) in [5, 5.41) is 10.8. The van der Waals surface area contributed by atoms with Gasteiger partial charge in [0, 0.05) is 12.8 Å². The number of rotatable bonds is 6. The Labute approximate surface area is 87.8 Å². The zero-order chi connectivity index (χ0) is 12.0. The lowest BCUT2D eigenvalue weighted by Gasteiger charge is -2.12. The Morgan fingerprint density at radius 2 is 1.80 bits per heavy atom. The number of carbonyl (C=O) groups excluding carboxylic acids is 2. The van der Waals surface area contributed by atoms with E-state index >= 15 is 0 Å². The molecule has 2 atom stereocenters. The summed E-state index contributed by atoms with van der Waals surface area (Å²) in [7, 11) is 0. The van der Waals surface area contributed by atoms with E-state index in [1.807, 2.05) is 0 Å². The molecule has 0 fully saturated rings. The molecule has 0 aliphatic heterocycles. The zero-order valence-corrected chi connectivity index (χ0v) is 8.82. The predicted octanol–water partition coefficient (Wildman–Crippen LogP) is -0.523. The molecule has 0 aromatic heterocycles. The Morgan fingerprint density at radius 1 is 1.27 bits per heavy atom. The van der Waals surface area contributed by atoms with Crippen LogP contribution in [0.5, 0.6) is 0 Å². The molecule has 86 valence electrons. The highest BCUT2D eigenvalue weighted by atomic mass is 16.4. The van der Waals surface area contributed by atoms with Crippen molar-refractivity contribution in [1.82, 2.24) is 5.32 Å². The van der Waals surface area contributed by atoms with E-state index in [0.29, 0.717) is 0 Å². The number of aliphatic carboxylic acids is 1. The zero-order valence-electron chi connectivity index (χ0n) is 8.82. The van der Waals surface area contributed by atoms with Crippen molar-refractivity contribution in [3.8, 4) is 0 Å². The van der Waals surface area contributed by atoms with Gasteiger partial charge >= 0.3 is 5.97 Å². The minimum Gasteiger partial charge on any atom is -0.481 e. The molecular formula is C9H16N2O4. The molecule has 2 unspecified atom stereocenters.